The largest absolute Gasteiger partial charge is 0.461 e. The Morgan fingerprint density at radius 3 is 2.32 bits per heavy atom. The van der Waals surface area contributed by atoms with Crippen molar-refractivity contribution in [1.29, 1.82) is 0 Å². The highest BCUT2D eigenvalue weighted by molar-refractivity contribution is 5.68. The lowest BCUT2D eigenvalue weighted by molar-refractivity contribution is -0.132. The van der Waals surface area contributed by atoms with Crippen molar-refractivity contribution in [1.82, 2.24) is 15.0 Å². The average Bonchev–Trinajstić information content (AvgIpc) is 2.56. The molecule has 0 atom stereocenters. The molecule has 0 unspecified atom stereocenters. The van der Waals surface area contributed by atoms with Crippen LogP contribution in [0, 0.1) is 6.92 Å². The van der Waals surface area contributed by atoms with Crippen molar-refractivity contribution in [2.75, 3.05) is 19.8 Å². The summed E-state index contributed by atoms with van der Waals surface area (Å²) in [6.45, 7) is 6.56. The van der Waals surface area contributed by atoms with Gasteiger partial charge >= 0.3 is 24.0 Å². The van der Waals surface area contributed by atoms with Crippen LogP contribution in [-0.2, 0) is 9.53 Å². The molecule has 1 heterocycles. The van der Waals surface area contributed by atoms with E-state index in [0.29, 0.717) is 19.0 Å². The van der Waals surface area contributed by atoms with Crippen LogP contribution >= 0.6 is 0 Å². The van der Waals surface area contributed by atoms with Gasteiger partial charge in [-0.3, -0.25) is 4.79 Å². The number of nitrogens with zero attached hydrogens (tertiary/aromatic N) is 3. The zero-order valence-corrected chi connectivity index (χ0v) is 14.5. The molecule has 0 radical (unpaired) electrons. The maximum Gasteiger partial charge on any atom is 0.333 e. The average molecular weight is 347 g/mol. The Kier molecular flexibility index (Phi) is 7.09. The molecular formula is C17H21N3O5. The Balaban J connectivity index is 2.09. The van der Waals surface area contributed by atoms with E-state index in [1.165, 1.54) is 6.92 Å². The summed E-state index contributed by atoms with van der Waals surface area (Å²) in [5.74, 6) is -0.00693. The number of carbonyl (C=O) groups is 1. The first kappa shape index (κ1) is 18.6. The number of aryl methyl sites for hydroxylation is 1. The van der Waals surface area contributed by atoms with Crippen LogP contribution in [0.2, 0.25) is 0 Å². The van der Waals surface area contributed by atoms with Crippen molar-refractivity contribution in [3.63, 3.8) is 0 Å². The molecule has 0 aliphatic carbocycles. The van der Waals surface area contributed by atoms with E-state index in [9.17, 15) is 4.79 Å². The number of benzene rings is 1. The molecule has 0 N–H and O–H groups in total. The van der Waals surface area contributed by atoms with Gasteiger partial charge in [-0.15, -0.1) is 15.0 Å². The first-order chi connectivity index (χ1) is 12.1. The second-order valence-corrected chi connectivity index (χ2v) is 5.15. The fraction of sp³-hybridized carbons (Fsp3) is 0.412. The van der Waals surface area contributed by atoms with Crippen molar-refractivity contribution in [3.05, 3.63) is 29.8 Å². The van der Waals surface area contributed by atoms with Gasteiger partial charge in [-0.2, -0.15) is 0 Å². The number of carbonyl (C=O) groups excluding carboxylic acids is 1. The van der Waals surface area contributed by atoms with Crippen molar-refractivity contribution in [2.24, 2.45) is 0 Å². The van der Waals surface area contributed by atoms with E-state index in [1.807, 2.05) is 26.0 Å². The third kappa shape index (κ3) is 6.72. The second kappa shape index (κ2) is 9.53. The van der Waals surface area contributed by atoms with Crippen molar-refractivity contribution in [2.45, 2.75) is 27.2 Å². The van der Waals surface area contributed by atoms with Crippen molar-refractivity contribution >= 4 is 5.97 Å². The smallest absolute Gasteiger partial charge is 0.333 e. The third-order valence-corrected chi connectivity index (χ3v) is 2.85. The standard InChI is InChI=1S/C17H21N3O5/c1-4-9-22-10-11-23-15-18-16(24-13(3)21)20-17(19-15)25-14-7-5-12(2)6-8-14/h5-8H,4,9-11H2,1-3H3. The van der Waals surface area contributed by atoms with E-state index in [1.54, 1.807) is 12.1 Å². The van der Waals surface area contributed by atoms with Crippen LogP contribution in [0.3, 0.4) is 0 Å². The molecule has 0 saturated carbocycles. The fourth-order valence-electron chi connectivity index (χ4n) is 1.75. The quantitative estimate of drug-likeness (QED) is 0.505. The van der Waals surface area contributed by atoms with E-state index in [-0.39, 0.29) is 24.6 Å². The second-order valence-electron chi connectivity index (χ2n) is 5.15. The molecule has 0 aliphatic heterocycles. The van der Waals surface area contributed by atoms with E-state index in [4.69, 9.17) is 18.9 Å². The van der Waals surface area contributed by atoms with Gasteiger partial charge < -0.3 is 18.9 Å². The molecule has 1 aromatic carbocycles. The number of aromatic nitrogens is 3. The lowest BCUT2D eigenvalue weighted by Crippen LogP contribution is -2.12. The van der Waals surface area contributed by atoms with Gasteiger partial charge in [-0.25, -0.2) is 0 Å². The van der Waals surface area contributed by atoms with Crippen LogP contribution < -0.4 is 14.2 Å². The Hall–Kier alpha value is -2.74. The molecule has 0 saturated heterocycles. The lowest BCUT2D eigenvalue weighted by Gasteiger charge is -2.09. The number of ether oxygens (including phenoxy) is 4. The Labute approximate surface area is 146 Å². The summed E-state index contributed by atoms with van der Waals surface area (Å²) >= 11 is 0. The molecule has 134 valence electrons. The van der Waals surface area contributed by atoms with E-state index in [0.717, 1.165) is 12.0 Å². The van der Waals surface area contributed by atoms with Gasteiger partial charge in [0.05, 0.1) is 6.61 Å². The van der Waals surface area contributed by atoms with Gasteiger partial charge in [-0.05, 0) is 25.5 Å². The minimum Gasteiger partial charge on any atom is -0.461 e. The van der Waals surface area contributed by atoms with Crippen LogP contribution in [0.4, 0.5) is 0 Å². The molecule has 25 heavy (non-hydrogen) atoms. The Bertz CT molecular complexity index is 691. The van der Waals surface area contributed by atoms with Gasteiger partial charge in [0.1, 0.15) is 12.4 Å². The number of hydrogen-bond acceptors (Lipinski definition) is 8. The fourth-order valence-corrected chi connectivity index (χ4v) is 1.75. The van der Waals surface area contributed by atoms with Crippen LogP contribution in [0.15, 0.2) is 24.3 Å². The Morgan fingerprint density at radius 2 is 1.64 bits per heavy atom. The summed E-state index contributed by atoms with van der Waals surface area (Å²) in [6.07, 6.45) is 0.927. The molecule has 0 spiro atoms. The monoisotopic (exact) mass is 347 g/mol. The van der Waals surface area contributed by atoms with Crippen LogP contribution in [0.25, 0.3) is 0 Å². The van der Waals surface area contributed by atoms with Crippen LogP contribution in [0.5, 0.6) is 23.8 Å². The zero-order valence-electron chi connectivity index (χ0n) is 14.5. The van der Waals surface area contributed by atoms with Crippen LogP contribution in [0.1, 0.15) is 25.8 Å². The normalized spacial score (nSPS) is 10.4. The minimum absolute atomic E-state index is 0.00606. The summed E-state index contributed by atoms with van der Waals surface area (Å²) < 4.78 is 21.2. The predicted octanol–water partition coefficient (Wildman–Crippen LogP) is 2.70. The number of rotatable bonds is 9. The van der Waals surface area contributed by atoms with Gasteiger partial charge in [0.15, 0.2) is 0 Å². The number of esters is 1. The van der Waals surface area contributed by atoms with Gasteiger partial charge in [0, 0.05) is 13.5 Å². The Morgan fingerprint density at radius 1 is 0.960 bits per heavy atom. The van der Waals surface area contributed by atoms with Crippen molar-refractivity contribution < 1.29 is 23.7 Å². The maximum atomic E-state index is 11.1. The SMILES string of the molecule is CCCOCCOc1nc(OC(C)=O)nc(Oc2ccc(C)cc2)n1. The third-order valence-electron chi connectivity index (χ3n) is 2.85. The summed E-state index contributed by atoms with van der Waals surface area (Å²) in [6, 6.07) is 7.13. The zero-order chi connectivity index (χ0) is 18.1. The number of hydrogen-bond donors (Lipinski definition) is 0. The first-order valence-corrected chi connectivity index (χ1v) is 7.96. The molecule has 0 amide bonds. The van der Waals surface area contributed by atoms with E-state index < -0.39 is 5.97 Å². The molecule has 8 nitrogen and oxygen atoms in total. The predicted molar refractivity (Wildman–Crippen MR) is 89.0 cm³/mol. The van der Waals surface area contributed by atoms with Gasteiger partial charge in [-0.1, -0.05) is 24.6 Å². The lowest BCUT2D eigenvalue weighted by atomic mass is 10.2. The van der Waals surface area contributed by atoms with Gasteiger partial charge in [0.25, 0.3) is 0 Å². The molecule has 0 aliphatic rings. The highest BCUT2D eigenvalue weighted by Gasteiger charge is 2.12. The first-order valence-electron chi connectivity index (χ1n) is 7.96. The summed E-state index contributed by atoms with van der Waals surface area (Å²) in [7, 11) is 0. The molecule has 1 aromatic heterocycles. The van der Waals surface area contributed by atoms with E-state index in [2.05, 4.69) is 15.0 Å². The molecule has 2 aromatic rings. The highest BCUT2D eigenvalue weighted by Crippen LogP contribution is 2.21. The minimum atomic E-state index is -0.551. The molecule has 0 bridgehead atoms. The molecule has 8 heteroatoms. The van der Waals surface area contributed by atoms with E-state index >= 15 is 0 Å². The highest BCUT2D eigenvalue weighted by atomic mass is 16.6. The molecular weight excluding hydrogens is 326 g/mol. The molecule has 0 fully saturated rings. The summed E-state index contributed by atoms with van der Waals surface area (Å²) in [4.78, 5) is 23.1. The molecule has 2 rings (SSSR count). The van der Waals surface area contributed by atoms with Crippen LogP contribution in [-0.4, -0.2) is 40.7 Å². The topological polar surface area (TPSA) is 92.7 Å². The maximum absolute atomic E-state index is 11.1. The summed E-state index contributed by atoms with van der Waals surface area (Å²) in [5, 5.41) is 0. The van der Waals surface area contributed by atoms with Gasteiger partial charge in [0.2, 0.25) is 0 Å². The summed E-state index contributed by atoms with van der Waals surface area (Å²) in [5.41, 5.74) is 1.10. The van der Waals surface area contributed by atoms with Crippen molar-refractivity contribution in [3.8, 4) is 23.8 Å².